The molecule has 0 atom stereocenters. The summed E-state index contributed by atoms with van der Waals surface area (Å²) in [5.74, 6) is 0. The van der Waals surface area contributed by atoms with E-state index < -0.39 is 0 Å². The van der Waals surface area contributed by atoms with E-state index in [0.717, 1.165) is 11.4 Å². The average molecular weight is 172 g/mol. The molecule has 3 heteroatoms. The summed E-state index contributed by atoms with van der Waals surface area (Å²) in [6.07, 6.45) is 0. The number of halogens is 1. The van der Waals surface area contributed by atoms with E-state index in [1.807, 2.05) is 38.4 Å². The van der Waals surface area contributed by atoms with Crippen LogP contribution in [-0.4, -0.2) is 14.1 Å². The Morgan fingerprint density at radius 2 is 1.09 bits per heavy atom. The van der Waals surface area contributed by atoms with Gasteiger partial charge in [-0.05, 0) is 24.3 Å². The van der Waals surface area contributed by atoms with Gasteiger partial charge in [-0.15, -0.1) is 0 Å². The summed E-state index contributed by atoms with van der Waals surface area (Å²) < 4.78 is 0. The first kappa shape index (κ1) is 10.1. The predicted molar refractivity (Wildman–Crippen MR) is 45.5 cm³/mol. The summed E-state index contributed by atoms with van der Waals surface area (Å²) in [6, 6.07) is 8.13. The average Bonchev–Trinajstić information content (AvgIpc) is 2.05. The van der Waals surface area contributed by atoms with Gasteiger partial charge >= 0.3 is 0 Å². The molecular formula is C8H12ClN2-. The first-order valence-electron chi connectivity index (χ1n) is 3.32. The maximum atomic E-state index is 3.05. The molecular weight excluding hydrogens is 160 g/mol. The Morgan fingerprint density at radius 3 is 1.27 bits per heavy atom. The van der Waals surface area contributed by atoms with E-state index in [1.54, 1.807) is 0 Å². The molecule has 0 spiro atoms. The normalized spacial score (nSPS) is 8.18. The quantitative estimate of drug-likeness (QED) is 0.583. The number of anilines is 2. The van der Waals surface area contributed by atoms with Crippen LogP contribution in [0.4, 0.5) is 11.4 Å². The molecule has 0 saturated heterocycles. The van der Waals surface area contributed by atoms with Crippen LogP contribution in [-0.2, 0) is 0 Å². The highest BCUT2D eigenvalue weighted by Gasteiger charge is 1.86. The van der Waals surface area contributed by atoms with Crippen LogP contribution in [0.25, 0.3) is 0 Å². The Labute approximate surface area is 73.4 Å². The van der Waals surface area contributed by atoms with Crippen molar-refractivity contribution in [2.45, 2.75) is 0 Å². The second-order valence-electron chi connectivity index (χ2n) is 2.08. The monoisotopic (exact) mass is 171 g/mol. The fourth-order valence-electron chi connectivity index (χ4n) is 0.804. The number of nitrogens with one attached hydrogen (secondary N) is 2. The molecule has 0 radical (unpaired) electrons. The van der Waals surface area contributed by atoms with Crippen LogP contribution in [0, 0.1) is 0 Å². The highest BCUT2D eigenvalue weighted by molar-refractivity contribution is 5.52. The van der Waals surface area contributed by atoms with Crippen molar-refractivity contribution in [1.82, 2.24) is 0 Å². The lowest BCUT2D eigenvalue weighted by Crippen LogP contribution is -3.00. The minimum absolute atomic E-state index is 0. The van der Waals surface area contributed by atoms with Crippen molar-refractivity contribution in [3.05, 3.63) is 24.3 Å². The molecule has 0 heterocycles. The molecule has 1 aromatic carbocycles. The summed E-state index contributed by atoms with van der Waals surface area (Å²) in [5.41, 5.74) is 2.28. The minimum atomic E-state index is 0. The molecule has 2 N–H and O–H groups in total. The molecule has 1 rings (SSSR count). The van der Waals surface area contributed by atoms with Crippen molar-refractivity contribution in [3.8, 4) is 0 Å². The standard InChI is InChI=1S/C8H12N2.ClH/c1-9-7-3-5-8(10-2)6-4-7;/h3-6,9-10H,1-2H3;1H/p-1. The van der Waals surface area contributed by atoms with Gasteiger partial charge in [0.25, 0.3) is 0 Å². The van der Waals surface area contributed by atoms with Gasteiger partial charge in [-0.2, -0.15) is 0 Å². The van der Waals surface area contributed by atoms with Crippen LogP contribution in [0.2, 0.25) is 0 Å². The Bertz CT molecular complexity index is 173. The molecule has 0 aromatic heterocycles. The second kappa shape index (κ2) is 4.85. The van der Waals surface area contributed by atoms with Gasteiger partial charge in [0.2, 0.25) is 0 Å². The lowest BCUT2D eigenvalue weighted by Gasteiger charge is -2.01. The van der Waals surface area contributed by atoms with E-state index in [4.69, 9.17) is 0 Å². The molecule has 1 aromatic rings. The van der Waals surface area contributed by atoms with Crippen molar-refractivity contribution < 1.29 is 12.4 Å². The third-order valence-electron chi connectivity index (χ3n) is 1.46. The van der Waals surface area contributed by atoms with Gasteiger partial charge in [-0.3, -0.25) is 0 Å². The van der Waals surface area contributed by atoms with Crippen molar-refractivity contribution >= 4 is 11.4 Å². The number of benzene rings is 1. The van der Waals surface area contributed by atoms with Gasteiger partial charge < -0.3 is 23.0 Å². The fourth-order valence-corrected chi connectivity index (χ4v) is 0.804. The SMILES string of the molecule is CNc1ccc(NC)cc1.[Cl-]. The van der Waals surface area contributed by atoms with E-state index in [1.165, 1.54) is 0 Å². The van der Waals surface area contributed by atoms with E-state index in [2.05, 4.69) is 10.6 Å². The Kier molecular flexibility index (Phi) is 4.46. The fraction of sp³-hybridized carbons (Fsp3) is 0.250. The summed E-state index contributed by atoms with van der Waals surface area (Å²) in [7, 11) is 3.82. The minimum Gasteiger partial charge on any atom is -1.00 e. The smallest absolute Gasteiger partial charge is 0.0339 e. The van der Waals surface area contributed by atoms with Gasteiger partial charge in [0.1, 0.15) is 0 Å². The maximum Gasteiger partial charge on any atom is 0.0339 e. The van der Waals surface area contributed by atoms with Crippen LogP contribution < -0.4 is 23.0 Å². The lowest BCUT2D eigenvalue weighted by atomic mass is 10.3. The van der Waals surface area contributed by atoms with Gasteiger partial charge in [0, 0.05) is 25.5 Å². The molecule has 0 aliphatic carbocycles. The van der Waals surface area contributed by atoms with E-state index >= 15 is 0 Å². The molecule has 0 saturated carbocycles. The highest BCUT2D eigenvalue weighted by atomic mass is 35.5. The molecule has 62 valence electrons. The number of hydrogen-bond donors (Lipinski definition) is 2. The Hall–Kier alpha value is -0.890. The molecule has 0 amide bonds. The van der Waals surface area contributed by atoms with Crippen LogP contribution in [0.15, 0.2) is 24.3 Å². The maximum absolute atomic E-state index is 3.05. The molecule has 0 bridgehead atoms. The summed E-state index contributed by atoms with van der Waals surface area (Å²) in [5, 5.41) is 6.10. The highest BCUT2D eigenvalue weighted by Crippen LogP contribution is 2.11. The molecule has 0 aliphatic heterocycles. The summed E-state index contributed by atoms with van der Waals surface area (Å²) in [4.78, 5) is 0. The zero-order chi connectivity index (χ0) is 7.40. The third-order valence-corrected chi connectivity index (χ3v) is 1.46. The van der Waals surface area contributed by atoms with Crippen LogP contribution in [0.1, 0.15) is 0 Å². The van der Waals surface area contributed by atoms with E-state index in [-0.39, 0.29) is 12.4 Å². The van der Waals surface area contributed by atoms with Crippen molar-refractivity contribution in [2.24, 2.45) is 0 Å². The van der Waals surface area contributed by atoms with Gasteiger partial charge in [0.15, 0.2) is 0 Å². The first-order valence-corrected chi connectivity index (χ1v) is 3.32. The molecule has 0 unspecified atom stereocenters. The van der Waals surface area contributed by atoms with Crippen molar-refractivity contribution in [1.29, 1.82) is 0 Å². The molecule has 2 nitrogen and oxygen atoms in total. The number of hydrogen-bond acceptors (Lipinski definition) is 2. The molecule has 11 heavy (non-hydrogen) atoms. The zero-order valence-corrected chi connectivity index (χ0v) is 7.44. The lowest BCUT2D eigenvalue weighted by molar-refractivity contribution is -0.00000207. The Balaban J connectivity index is 0.000001000. The van der Waals surface area contributed by atoms with Crippen LogP contribution in [0.3, 0.4) is 0 Å². The summed E-state index contributed by atoms with van der Waals surface area (Å²) >= 11 is 0. The molecule has 0 fully saturated rings. The zero-order valence-electron chi connectivity index (χ0n) is 6.69. The van der Waals surface area contributed by atoms with Gasteiger partial charge in [0.05, 0.1) is 0 Å². The first-order chi connectivity index (χ1) is 4.86. The topological polar surface area (TPSA) is 24.1 Å². The predicted octanol–water partition coefficient (Wildman–Crippen LogP) is -1.23. The largest absolute Gasteiger partial charge is 1.00 e. The van der Waals surface area contributed by atoms with Gasteiger partial charge in [-0.1, -0.05) is 0 Å². The van der Waals surface area contributed by atoms with E-state index in [9.17, 15) is 0 Å². The molecule has 0 aliphatic rings. The second-order valence-corrected chi connectivity index (χ2v) is 2.08. The van der Waals surface area contributed by atoms with E-state index in [0.29, 0.717) is 0 Å². The number of rotatable bonds is 2. The van der Waals surface area contributed by atoms with Crippen molar-refractivity contribution in [3.63, 3.8) is 0 Å². The van der Waals surface area contributed by atoms with Gasteiger partial charge in [-0.25, -0.2) is 0 Å². The van der Waals surface area contributed by atoms with Crippen LogP contribution in [0.5, 0.6) is 0 Å². The Morgan fingerprint density at radius 1 is 0.818 bits per heavy atom. The van der Waals surface area contributed by atoms with Crippen molar-refractivity contribution in [2.75, 3.05) is 24.7 Å². The third kappa shape index (κ3) is 2.68. The summed E-state index contributed by atoms with van der Waals surface area (Å²) in [6.45, 7) is 0. The van der Waals surface area contributed by atoms with Crippen LogP contribution >= 0.6 is 0 Å².